The Morgan fingerprint density at radius 2 is 2.25 bits per heavy atom. The first-order chi connectivity index (χ1) is 7.66. The summed E-state index contributed by atoms with van der Waals surface area (Å²) in [5, 5.41) is 5.74. The lowest BCUT2D eigenvalue weighted by molar-refractivity contribution is 0.759. The Hall–Kier alpha value is -0.960. The highest BCUT2D eigenvalue weighted by Crippen LogP contribution is 2.21. The number of halogens is 2. The summed E-state index contributed by atoms with van der Waals surface area (Å²) in [4.78, 5) is 3.19. The molecule has 2 aromatic rings. The first-order valence-electron chi connectivity index (χ1n) is 4.96. The topological polar surface area (TPSA) is 27.8 Å². The number of fused-ring (bicyclic) bond motifs is 1. The van der Waals surface area contributed by atoms with Crippen LogP contribution >= 0.6 is 23.2 Å². The van der Waals surface area contributed by atoms with E-state index in [-0.39, 0.29) is 0 Å². The third-order valence-electron chi connectivity index (χ3n) is 2.36. The van der Waals surface area contributed by atoms with Crippen molar-refractivity contribution < 1.29 is 0 Å². The summed E-state index contributed by atoms with van der Waals surface area (Å²) in [7, 11) is 0. The van der Waals surface area contributed by atoms with Crippen LogP contribution in [0.1, 0.15) is 5.56 Å². The smallest absolute Gasteiger partial charge is 0.0472 e. The van der Waals surface area contributed by atoms with Crippen LogP contribution in [-0.4, -0.2) is 11.5 Å². The van der Waals surface area contributed by atoms with Gasteiger partial charge < -0.3 is 10.3 Å². The second kappa shape index (κ2) is 4.91. The predicted octanol–water partition coefficient (Wildman–Crippen LogP) is 3.66. The minimum atomic E-state index is 0.613. The molecule has 0 spiro atoms. The van der Waals surface area contributed by atoms with Crippen molar-refractivity contribution in [2.24, 2.45) is 0 Å². The van der Waals surface area contributed by atoms with E-state index in [1.165, 1.54) is 10.9 Å². The van der Waals surface area contributed by atoms with E-state index < -0.39 is 0 Å². The summed E-state index contributed by atoms with van der Waals surface area (Å²) in [6.45, 7) is 5.00. The Balaban J connectivity index is 2.15. The lowest BCUT2D eigenvalue weighted by Crippen LogP contribution is -2.14. The third kappa shape index (κ3) is 2.59. The van der Waals surface area contributed by atoms with E-state index >= 15 is 0 Å². The number of H-pyrrole nitrogens is 1. The van der Waals surface area contributed by atoms with Gasteiger partial charge in [0.15, 0.2) is 0 Å². The van der Waals surface area contributed by atoms with Crippen molar-refractivity contribution in [2.75, 3.05) is 6.54 Å². The molecule has 0 saturated heterocycles. The Morgan fingerprint density at radius 1 is 1.44 bits per heavy atom. The van der Waals surface area contributed by atoms with Gasteiger partial charge in [-0.1, -0.05) is 35.8 Å². The summed E-state index contributed by atoms with van der Waals surface area (Å²) in [6.07, 6.45) is 1.98. The number of aromatic amines is 1. The van der Waals surface area contributed by atoms with Gasteiger partial charge in [0.05, 0.1) is 0 Å². The van der Waals surface area contributed by atoms with Gasteiger partial charge in [0, 0.05) is 40.2 Å². The highest BCUT2D eigenvalue weighted by molar-refractivity contribution is 6.31. The Bertz CT molecular complexity index is 517. The Morgan fingerprint density at radius 3 is 3.00 bits per heavy atom. The first-order valence-corrected chi connectivity index (χ1v) is 5.72. The molecule has 1 aromatic heterocycles. The van der Waals surface area contributed by atoms with Crippen molar-refractivity contribution in [1.29, 1.82) is 0 Å². The lowest BCUT2D eigenvalue weighted by Gasteiger charge is -2.02. The van der Waals surface area contributed by atoms with Gasteiger partial charge in [-0.2, -0.15) is 0 Å². The lowest BCUT2D eigenvalue weighted by atomic mass is 10.2. The standard InChI is InChI=1S/C12H12Cl2N2/c1-8(13)5-15-6-9-7-16-12-4-10(14)2-3-11(9)12/h2-4,7,15-16H,1,5-6H2. The third-order valence-corrected chi connectivity index (χ3v) is 2.73. The largest absolute Gasteiger partial charge is 0.361 e. The summed E-state index contributed by atoms with van der Waals surface area (Å²) < 4.78 is 0. The fourth-order valence-electron chi connectivity index (χ4n) is 1.64. The van der Waals surface area contributed by atoms with Crippen LogP contribution in [0, 0.1) is 0 Å². The molecular formula is C12H12Cl2N2. The summed E-state index contributed by atoms with van der Waals surface area (Å²) in [5.74, 6) is 0. The van der Waals surface area contributed by atoms with Gasteiger partial charge in [-0.05, 0) is 17.7 Å². The van der Waals surface area contributed by atoms with Gasteiger partial charge in [-0.3, -0.25) is 0 Å². The molecule has 0 saturated carbocycles. The minimum absolute atomic E-state index is 0.613. The molecule has 4 heteroatoms. The average molecular weight is 255 g/mol. The van der Waals surface area contributed by atoms with Gasteiger partial charge in [-0.15, -0.1) is 0 Å². The van der Waals surface area contributed by atoms with Crippen molar-refractivity contribution in [3.8, 4) is 0 Å². The number of nitrogens with one attached hydrogen (secondary N) is 2. The van der Waals surface area contributed by atoms with Crippen LogP contribution in [0.4, 0.5) is 0 Å². The summed E-state index contributed by atoms with van der Waals surface area (Å²) in [5.41, 5.74) is 2.25. The molecule has 2 rings (SSSR count). The van der Waals surface area contributed by atoms with Crippen LogP contribution < -0.4 is 5.32 Å². The van der Waals surface area contributed by atoms with E-state index in [0.29, 0.717) is 11.6 Å². The van der Waals surface area contributed by atoms with Crippen molar-refractivity contribution in [1.82, 2.24) is 10.3 Å². The Labute approximate surface area is 104 Å². The van der Waals surface area contributed by atoms with E-state index in [2.05, 4.69) is 16.9 Å². The zero-order valence-electron chi connectivity index (χ0n) is 8.69. The molecule has 1 aromatic carbocycles. The normalized spacial score (nSPS) is 10.9. The molecule has 0 aliphatic heterocycles. The van der Waals surface area contributed by atoms with Gasteiger partial charge >= 0.3 is 0 Å². The number of aromatic nitrogens is 1. The molecule has 0 radical (unpaired) electrons. The average Bonchev–Trinajstić information content (AvgIpc) is 2.60. The van der Waals surface area contributed by atoms with Crippen molar-refractivity contribution in [3.05, 3.63) is 46.6 Å². The van der Waals surface area contributed by atoms with Crippen molar-refractivity contribution in [3.63, 3.8) is 0 Å². The minimum Gasteiger partial charge on any atom is -0.361 e. The maximum absolute atomic E-state index is 5.91. The monoisotopic (exact) mass is 254 g/mol. The van der Waals surface area contributed by atoms with E-state index in [9.17, 15) is 0 Å². The summed E-state index contributed by atoms with van der Waals surface area (Å²) >= 11 is 11.6. The van der Waals surface area contributed by atoms with E-state index in [4.69, 9.17) is 23.2 Å². The number of benzene rings is 1. The van der Waals surface area contributed by atoms with E-state index in [1.807, 2.05) is 24.4 Å². The van der Waals surface area contributed by atoms with Crippen LogP contribution in [0.5, 0.6) is 0 Å². The number of hydrogen-bond acceptors (Lipinski definition) is 1. The molecule has 84 valence electrons. The molecule has 0 aliphatic carbocycles. The Kier molecular flexibility index (Phi) is 3.54. The van der Waals surface area contributed by atoms with E-state index in [0.717, 1.165) is 17.1 Å². The quantitative estimate of drug-likeness (QED) is 0.857. The van der Waals surface area contributed by atoms with Gasteiger partial charge in [0.1, 0.15) is 0 Å². The second-order valence-corrected chi connectivity index (χ2v) is 4.60. The van der Waals surface area contributed by atoms with Crippen LogP contribution in [0.25, 0.3) is 10.9 Å². The molecular weight excluding hydrogens is 243 g/mol. The molecule has 0 amide bonds. The predicted molar refractivity (Wildman–Crippen MR) is 70.0 cm³/mol. The molecule has 2 nitrogen and oxygen atoms in total. The molecule has 0 aliphatic rings. The fourth-order valence-corrected chi connectivity index (χ4v) is 1.90. The van der Waals surface area contributed by atoms with Crippen LogP contribution in [0.15, 0.2) is 36.0 Å². The van der Waals surface area contributed by atoms with Gasteiger partial charge in [-0.25, -0.2) is 0 Å². The first kappa shape index (κ1) is 11.5. The number of hydrogen-bond donors (Lipinski definition) is 2. The molecule has 1 heterocycles. The molecule has 0 bridgehead atoms. The van der Waals surface area contributed by atoms with Crippen LogP contribution in [0.2, 0.25) is 5.02 Å². The van der Waals surface area contributed by atoms with Crippen LogP contribution in [0.3, 0.4) is 0 Å². The van der Waals surface area contributed by atoms with Crippen molar-refractivity contribution in [2.45, 2.75) is 6.54 Å². The maximum atomic E-state index is 5.91. The fraction of sp³-hybridized carbons (Fsp3) is 0.167. The van der Waals surface area contributed by atoms with Gasteiger partial charge in [0.25, 0.3) is 0 Å². The molecule has 0 atom stereocenters. The highest BCUT2D eigenvalue weighted by atomic mass is 35.5. The van der Waals surface area contributed by atoms with Crippen molar-refractivity contribution >= 4 is 34.1 Å². The zero-order valence-corrected chi connectivity index (χ0v) is 10.2. The SMILES string of the molecule is C=C(Cl)CNCc1c[nH]c2cc(Cl)ccc12. The maximum Gasteiger partial charge on any atom is 0.0472 e. The highest BCUT2D eigenvalue weighted by Gasteiger charge is 2.03. The molecule has 2 N–H and O–H groups in total. The molecule has 0 unspecified atom stereocenters. The summed E-state index contributed by atoms with van der Waals surface area (Å²) in [6, 6.07) is 5.82. The van der Waals surface area contributed by atoms with E-state index in [1.54, 1.807) is 0 Å². The molecule has 0 fully saturated rings. The second-order valence-electron chi connectivity index (χ2n) is 3.62. The van der Waals surface area contributed by atoms with Crippen LogP contribution in [-0.2, 0) is 6.54 Å². The molecule has 16 heavy (non-hydrogen) atoms. The number of rotatable bonds is 4. The van der Waals surface area contributed by atoms with Gasteiger partial charge in [0.2, 0.25) is 0 Å². The zero-order chi connectivity index (χ0) is 11.5.